The molecule has 0 aromatic carbocycles. The van der Waals surface area contributed by atoms with Crippen LogP contribution in [0.1, 0.15) is 35.3 Å². The average Bonchev–Trinajstić information content (AvgIpc) is 3.05. The fraction of sp³-hybridized carbons (Fsp3) is 0.615. The van der Waals surface area contributed by atoms with Crippen LogP contribution in [-0.2, 0) is 4.74 Å². The van der Waals surface area contributed by atoms with Crippen LogP contribution in [0.5, 0.6) is 0 Å². The number of hydrogen-bond acceptors (Lipinski definition) is 5. The smallest absolute Gasteiger partial charge is 0.410 e. The summed E-state index contributed by atoms with van der Waals surface area (Å²) in [6, 6.07) is -0.0107. The zero-order valence-electron chi connectivity index (χ0n) is 11.5. The van der Waals surface area contributed by atoms with E-state index in [1.165, 1.54) is 11.3 Å². The molecule has 2 aliphatic heterocycles. The fourth-order valence-corrected chi connectivity index (χ4v) is 3.30. The summed E-state index contributed by atoms with van der Waals surface area (Å²) in [7, 11) is 0. The molecule has 0 bridgehead atoms. The molecule has 2 amide bonds. The molecule has 2 fully saturated rings. The highest BCUT2D eigenvalue weighted by Crippen LogP contribution is 2.22. The molecular formula is C13H17N3O3S. The van der Waals surface area contributed by atoms with Gasteiger partial charge in [0.05, 0.1) is 11.0 Å². The van der Waals surface area contributed by atoms with Crippen LogP contribution < -0.4 is 0 Å². The number of rotatable bonds is 2. The van der Waals surface area contributed by atoms with Crippen molar-refractivity contribution in [2.24, 2.45) is 0 Å². The summed E-state index contributed by atoms with van der Waals surface area (Å²) in [4.78, 5) is 31.7. The molecule has 1 unspecified atom stereocenters. The van der Waals surface area contributed by atoms with Crippen LogP contribution >= 0.6 is 11.3 Å². The van der Waals surface area contributed by atoms with E-state index in [1.807, 2.05) is 5.38 Å². The van der Waals surface area contributed by atoms with Crippen LogP contribution in [-0.4, -0.2) is 59.1 Å². The molecule has 0 saturated carbocycles. The third kappa shape index (κ3) is 2.26. The molecule has 1 aromatic rings. The Kier molecular flexibility index (Phi) is 3.37. The van der Waals surface area contributed by atoms with Crippen LogP contribution in [0, 0.1) is 0 Å². The van der Waals surface area contributed by atoms with Gasteiger partial charge >= 0.3 is 6.09 Å². The average molecular weight is 295 g/mol. The maximum atomic E-state index is 12.4. The summed E-state index contributed by atoms with van der Waals surface area (Å²) >= 11 is 1.52. The van der Waals surface area contributed by atoms with Crippen LogP contribution in [0.25, 0.3) is 0 Å². The number of hydrogen-bond donors (Lipinski definition) is 0. The molecule has 2 aliphatic rings. The van der Waals surface area contributed by atoms with Crippen LogP contribution in [0.3, 0.4) is 0 Å². The van der Waals surface area contributed by atoms with Crippen molar-refractivity contribution in [2.75, 3.05) is 26.2 Å². The number of aromatic nitrogens is 1. The zero-order valence-corrected chi connectivity index (χ0v) is 12.4. The number of carbonyl (C=O) groups is 2. The minimum absolute atomic E-state index is 0.0107. The van der Waals surface area contributed by atoms with Crippen molar-refractivity contribution in [3.8, 4) is 0 Å². The van der Waals surface area contributed by atoms with Crippen LogP contribution in [0.15, 0.2) is 5.38 Å². The molecule has 1 atom stereocenters. The second kappa shape index (κ2) is 5.05. The predicted octanol–water partition coefficient (Wildman–Crippen LogP) is 1.54. The van der Waals surface area contributed by atoms with E-state index in [9.17, 15) is 9.59 Å². The summed E-state index contributed by atoms with van der Waals surface area (Å²) in [5.74, 6) is 0.284. The number of carbonyl (C=O) groups excluding carboxylic acids is 2. The normalized spacial score (nSPS) is 22.1. The van der Waals surface area contributed by atoms with E-state index in [2.05, 4.69) is 18.8 Å². The third-order valence-electron chi connectivity index (χ3n) is 3.64. The summed E-state index contributed by atoms with van der Waals surface area (Å²) in [5, 5.41) is 2.80. The Morgan fingerprint density at radius 1 is 1.50 bits per heavy atom. The summed E-state index contributed by atoms with van der Waals surface area (Å²) in [6.07, 6.45) is -0.266. The van der Waals surface area contributed by atoms with E-state index in [0.29, 0.717) is 37.9 Å². The maximum Gasteiger partial charge on any atom is 0.410 e. The first kappa shape index (κ1) is 13.4. The van der Waals surface area contributed by atoms with Crippen molar-refractivity contribution < 1.29 is 14.3 Å². The molecule has 2 saturated heterocycles. The van der Waals surface area contributed by atoms with Gasteiger partial charge in [0.2, 0.25) is 0 Å². The highest BCUT2D eigenvalue weighted by atomic mass is 32.1. The van der Waals surface area contributed by atoms with Crippen molar-refractivity contribution >= 4 is 23.3 Å². The van der Waals surface area contributed by atoms with E-state index < -0.39 is 0 Å². The molecular weight excluding hydrogens is 278 g/mol. The fourth-order valence-electron chi connectivity index (χ4n) is 2.49. The number of fused-ring (bicyclic) bond motifs is 1. The van der Waals surface area contributed by atoms with Gasteiger partial charge < -0.3 is 9.64 Å². The van der Waals surface area contributed by atoms with E-state index in [4.69, 9.17) is 4.74 Å². The van der Waals surface area contributed by atoms with Crippen LogP contribution in [0.2, 0.25) is 0 Å². The Balaban J connectivity index is 1.70. The van der Waals surface area contributed by atoms with Gasteiger partial charge in [-0.1, -0.05) is 13.8 Å². The monoisotopic (exact) mass is 295 g/mol. The molecule has 1 aromatic heterocycles. The Hall–Kier alpha value is -1.63. The molecule has 7 heteroatoms. The van der Waals surface area contributed by atoms with Gasteiger partial charge in [-0.2, -0.15) is 0 Å². The summed E-state index contributed by atoms with van der Waals surface area (Å²) in [5.41, 5.74) is 0.511. The third-order valence-corrected chi connectivity index (χ3v) is 4.78. The minimum Gasteiger partial charge on any atom is -0.447 e. The topological polar surface area (TPSA) is 62.7 Å². The minimum atomic E-state index is -0.266. The quantitative estimate of drug-likeness (QED) is 0.830. The molecule has 20 heavy (non-hydrogen) atoms. The first-order chi connectivity index (χ1) is 9.56. The first-order valence-corrected chi connectivity index (χ1v) is 7.62. The van der Waals surface area contributed by atoms with E-state index in [-0.39, 0.29) is 18.0 Å². The molecule has 3 rings (SSSR count). The van der Waals surface area contributed by atoms with Gasteiger partial charge in [0.1, 0.15) is 12.3 Å². The molecule has 0 radical (unpaired) electrons. The van der Waals surface area contributed by atoms with Gasteiger partial charge in [-0.25, -0.2) is 9.78 Å². The number of cyclic esters (lactones) is 1. The second-order valence-corrected chi connectivity index (χ2v) is 6.29. The van der Waals surface area contributed by atoms with Gasteiger partial charge in [-0.15, -0.1) is 11.3 Å². The van der Waals surface area contributed by atoms with Gasteiger partial charge in [0, 0.05) is 30.9 Å². The highest BCUT2D eigenvalue weighted by molar-refractivity contribution is 7.09. The van der Waals surface area contributed by atoms with Crippen molar-refractivity contribution in [2.45, 2.75) is 25.8 Å². The van der Waals surface area contributed by atoms with Crippen molar-refractivity contribution in [3.05, 3.63) is 16.1 Å². The van der Waals surface area contributed by atoms with E-state index in [1.54, 1.807) is 9.80 Å². The van der Waals surface area contributed by atoms with E-state index in [0.717, 1.165) is 5.01 Å². The zero-order chi connectivity index (χ0) is 14.3. The Bertz CT molecular complexity index is 543. The number of nitrogens with zero attached hydrogens (tertiary/aromatic N) is 3. The summed E-state index contributed by atoms with van der Waals surface area (Å²) < 4.78 is 5.00. The van der Waals surface area contributed by atoms with Gasteiger partial charge in [-0.05, 0) is 0 Å². The first-order valence-electron chi connectivity index (χ1n) is 6.74. The SMILES string of the molecule is CC(C)c1nc(C(=O)N2CCN3C(=O)OCC3C2)cs1. The molecule has 0 spiro atoms. The lowest BCUT2D eigenvalue weighted by molar-refractivity contribution is 0.0612. The van der Waals surface area contributed by atoms with Crippen LogP contribution in [0.4, 0.5) is 4.79 Å². The number of piperazine rings is 1. The Morgan fingerprint density at radius 2 is 2.30 bits per heavy atom. The van der Waals surface area contributed by atoms with Crippen molar-refractivity contribution in [1.82, 2.24) is 14.8 Å². The lowest BCUT2D eigenvalue weighted by atomic mass is 10.2. The Labute approximate surface area is 121 Å². The Morgan fingerprint density at radius 3 is 3.00 bits per heavy atom. The lowest BCUT2D eigenvalue weighted by Gasteiger charge is -2.34. The number of ether oxygens (including phenoxy) is 1. The predicted molar refractivity (Wildman–Crippen MR) is 73.9 cm³/mol. The standard InChI is InChI=1S/C13H17N3O3S/c1-8(2)11-14-10(7-20-11)12(17)15-3-4-16-9(5-15)6-19-13(16)18/h7-9H,3-6H2,1-2H3. The number of thiazole rings is 1. The lowest BCUT2D eigenvalue weighted by Crippen LogP contribution is -2.53. The molecule has 3 heterocycles. The van der Waals surface area contributed by atoms with Gasteiger partial charge in [0.25, 0.3) is 5.91 Å². The molecule has 0 N–H and O–H groups in total. The largest absolute Gasteiger partial charge is 0.447 e. The van der Waals surface area contributed by atoms with E-state index >= 15 is 0 Å². The molecule has 6 nitrogen and oxygen atoms in total. The van der Waals surface area contributed by atoms with Gasteiger partial charge in [-0.3, -0.25) is 9.69 Å². The van der Waals surface area contributed by atoms with Gasteiger partial charge in [0.15, 0.2) is 0 Å². The van der Waals surface area contributed by atoms with Crippen molar-refractivity contribution in [3.63, 3.8) is 0 Å². The maximum absolute atomic E-state index is 12.4. The molecule has 0 aliphatic carbocycles. The number of amides is 2. The van der Waals surface area contributed by atoms with Crippen molar-refractivity contribution in [1.29, 1.82) is 0 Å². The molecule has 108 valence electrons. The highest BCUT2D eigenvalue weighted by Gasteiger charge is 2.39. The second-order valence-electron chi connectivity index (χ2n) is 5.40. The summed E-state index contributed by atoms with van der Waals surface area (Å²) in [6.45, 7) is 6.10.